The van der Waals surface area contributed by atoms with Gasteiger partial charge in [0.25, 0.3) is 0 Å². The minimum atomic E-state index is -2.37. The molecule has 28 heavy (non-hydrogen) atoms. The topological polar surface area (TPSA) is 162 Å². The number of hydrazone groups is 1. The van der Waals surface area contributed by atoms with E-state index in [2.05, 4.69) is 5.10 Å². The number of hydrogen-bond donors (Lipinski definition) is 4. The largest absolute Gasteiger partial charge is 0.480 e. The van der Waals surface area contributed by atoms with Crippen LogP contribution in [0.25, 0.3) is 0 Å². The predicted molar refractivity (Wildman–Crippen MR) is 105 cm³/mol. The molecule has 2 rings (SSSR count). The molecule has 0 fully saturated rings. The molecule has 0 radical (unpaired) electrons. The van der Waals surface area contributed by atoms with Gasteiger partial charge in [0.1, 0.15) is 6.29 Å². The summed E-state index contributed by atoms with van der Waals surface area (Å²) in [6.45, 7) is 0. The van der Waals surface area contributed by atoms with Crippen LogP contribution >= 0.6 is 0 Å². The van der Waals surface area contributed by atoms with E-state index in [1.165, 1.54) is 6.21 Å². The number of aliphatic carboxylic acids is 1. The summed E-state index contributed by atoms with van der Waals surface area (Å²) < 4.78 is 0. The van der Waals surface area contributed by atoms with Gasteiger partial charge in [0, 0.05) is 12.3 Å². The first kappa shape index (κ1) is 20.9. The Morgan fingerprint density at radius 2 is 1.64 bits per heavy atom. The Bertz CT molecular complexity index is 868. The summed E-state index contributed by atoms with van der Waals surface area (Å²) in [5.41, 5.74) is 11.3. The van der Waals surface area contributed by atoms with E-state index in [9.17, 15) is 19.5 Å². The van der Waals surface area contributed by atoms with Crippen molar-refractivity contribution in [1.29, 1.82) is 0 Å². The second-order valence-corrected chi connectivity index (χ2v) is 6.34. The lowest BCUT2D eigenvalue weighted by atomic mass is 9.71. The Balaban J connectivity index is 2.66. The first-order valence-electron chi connectivity index (χ1n) is 8.50. The zero-order chi connectivity index (χ0) is 20.7. The van der Waals surface area contributed by atoms with Gasteiger partial charge in [-0.3, -0.25) is 4.79 Å². The lowest BCUT2D eigenvalue weighted by Crippen LogP contribution is -2.63. The van der Waals surface area contributed by atoms with E-state index in [-0.39, 0.29) is 6.42 Å². The SMILES string of the molecule is NN=Cc1ccc(C(c2ccccc2)C(N)(C(=O)O)C(=O)C(N)CC=O)cc1. The average molecular weight is 382 g/mol. The first-order valence-corrected chi connectivity index (χ1v) is 8.50. The molecule has 8 heteroatoms. The molecule has 7 N–H and O–H groups in total. The lowest BCUT2D eigenvalue weighted by Gasteiger charge is -2.34. The third-order valence-corrected chi connectivity index (χ3v) is 4.53. The molecule has 0 aliphatic rings. The minimum absolute atomic E-state index is 0.321. The molecule has 0 heterocycles. The Morgan fingerprint density at radius 1 is 1.07 bits per heavy atom. The standard InChI is InChI=1S/C20H22N4O4/c21-16(10-11-25)18(26)20(22,19(27)28)17(14-4-2-1-3-5-14)15-8-6-13(7-9-15)12-24-23/h1-9,11-12,16-17H,10,21-23H2,(H,27,28). The molecule has 3 atom stereocenters. The summed E-state index contributed by atoms with van der Waals surface area (Å²) in [7, 11) is 0. The normalized spacial score (nSPS) is 15.5. The number of nitrogens with two attached hydrogens (primary N) is 3. The van der Waals surface area contributed by atoms with Crippen molar-refractivity contribution in [3.8, 4) is 0 Å². The number of ketones is 1. The van der Waals surface area contributed by atoms with Gasteiger partial charge >= 0.3 is 5.97 Å². The number of carboxylic acids is 1. The van der Waals surface area contributed by atoms with E-state index >= 15 is 0 Å². The Hall–Kier alpha value is -3.36. The fraction of sp³-hybridized carbons (Fsp3) is 0.200. The van der Waals surface area contributed by atoms with E-state index in [0.717, 1.165) is 0 Å². The van der Waals surface area contributed by atoms with Gasteiger partial charge in [-0.15, -0.1) is 0 Å². The summed E-state index contributed by atoms with van der Waals surface area (Å²) in [6, 6.07) is 13.9. The van der Waals surface area contributed by atoms with Crippen LogP contribution in [-0.4, -0.2) is 40.9 Å². The van der Waals surface area contributed by atoms with Crippen LogP contribution in [0.15, 0.2) is 59.7 Å². The van der Waals surface area contributed by atoms with Crippen molar-refractivity contribution >= 4 is 24.3 Å². The maximum Gasteiger partial charge on any atom is 0.332 e. The van der Waals surface area contributed by atoms with Crippen molar-refractivity contribution in [2.45, 2.75) is 23.9 Å². The van der Waals surface area contributed by atoms with Crippen LogP contribution in [0.4, 0.5) is 0 Å². The molecule has 0 spiro atoms. The fourth-order valence-electron chi connectivity index (χ4n) is 3.11. The molecule has 0 amide bonds. The first-order chi connectivity index (χ1) is 13.4. The highest BCUT2D eigenvalue weighted by atomic mass is 16.4. The smallest absolute Gasteiger partial charge is 0.332 e. The molecule has 8 nitrogen and oxygen atoms in total. The number of Topliss-reactive ketones (excluding diaryl/α,β-unsaturated/α-hetero) is 1. The lowest BCUT2D eigenvalue weighted by molar-refractivity contribution is -0.149. The second-order valence-electron chi connectivity index (χ2n) is 6.34. The van der Waals surface area contributed by atoms with Crippen molar-refractivity contribution in [2.24, 2.45) is 22.4 Å². The van der Waals surface area contributed by atoms with Crippen molar-refractivity contribution in [3.63, 3.8) is 0 Å². The number of carbonyl (C=O) groups is 3. The van der Waals surface area contributed by atoms with Gasteiger partial charge in [0.05, 0.1) is 12.3 Å². The van der Waals surface area contributed by atoms with Crippen molar-refractivity contribution in [1.82, 2.24) is 0 Å². The quantitative estimate of drug-likeness (QED) is 0.160. The summed E-state index contributed by atoms with van der Waals surface area (Å²) >= 11 is 0. The molecule has 146 valence electrons. The molecule has 0 saturated carbocycles. The van der Waals surface area contributed by atoms with E-state index in [1.54, 1.807) is 54.6 Å². The molecule has 0 aliphatic carbocycles. The third kappa shape index (κ3) is 4.13. The fourth-order valence-corrected chi connectivity index (χ4v) is 3.11. The molecule has 0 bridgehead atoms. The van der Waals surface area contributed by atoms with Gasteiger partial charge < -0.3 is 27.2 Å². The van der Waals surface area contributed by atoms with Crippen molar-refractivity contribution < 1.29 is 19.5 Å². The molecular weight excluding hydrogens is 360 g/mol. The van der Waals surface area contributed by atoms with E-state index < -0.39 is 29.3 Å². The Labute approximate surface area is 162 Å². The zero-order valence-corrected chi connectivity index (χ0v) is 15.1. The Morgan fingerprint density at radius 3 is 2.14 bits per heavy atom. The maximum atomic E-state index is 12.9. The molecule has 2 aromatic rings. The number of carbonyl (C=O) groups excluding carboxylic acids is 2. The van der Waals surface area contributed by atoms with Crippen LogP contribution < -0.4 is 17.3 Å². The van der Waals surface area contributed by atoms with E-state index in [0.29, 0.717) is 23.0 Å². The van der Waals surface area contributed by atoms with Gasteiger partial charge in [0.2, 0.25) is 0 Å². The third-order valence-electron chi connectivity index (χ3n) is 4.53. The monoisotopic (exact) mass is 382 g/mol. The predicted octanol–water partition coefficient (Wildman–Crippen LogP) is 0.379. The van der Waals surface area contributed by atoms with Crippen molar-refractivity contribution in [3.05, 3.63) is 71.3 Å². The number of carboxylic acid groups (broad SMARTS) is 1. The van der Waals surface area contributed by atoms with Gasteiger partial charge in [0.15, 0.2) is 11.3 Å². The molecular formula is C20H22N4O4. The second kappa shape index (κ2) is 9.03. The Kier molecular flexibility index (Phi) is 6.75. The van der Waals surface area contributed by atoms with Gasteiger partial charge in [-0.1, -0.05) is 54.6 Å². The van der Waals surface area contributed by atoms with Crippen molar-refractivity contribution in [2.75, 3.05) is 0 Å². The highest BCUT2D eigenvalue weighted by Crippen LogP contribution is 2.35. The number of hydrogen-bond acceptors (Lipinski definition) is 7. The van der Waals surface area contributed by atoms with Crippen LogP contribution in [0.2, 0.25) is 0 Å². The molecule has 3 unspecified atom stereocenters. The number of aldehydes is 1. The van der Waals surface area contributed by atoms with E-state index in [1.807, 2.05) is 0 Å². The van der Waals surface area contributed by atoms with Gasteiger partial charge in [-0.25, -0.2) is 4.79 Å². The number of benzene rings is 2. The highest BCUT2D eigenvalue weighted by Gasteiger charge is 2.51. The van der Waals surface area contributed by atoms with Gasteiger partial charge in [-0.05, 0) is 16.7 Å². The number of rotatable bonds is 9. The maximum absolute atomic E-state index is 12.9. The summed E-state index contributed by atoms with van der Waals surface area (Å²) in [4.78, 5) is 35.9. The van der Waals surface area contributed by atoms with Gasteiger partial charge in [-0.2, -0.15) is 5.10 Å². The van der Waals surface area contributed by atoms with Crippen LogP contribution in [0.3, 0.4) is 0 Å². The molecule has 0 saturated heterocycles. The highest BCUT2D eigenvalue weighted by molar-refractivity contribution is 6.12. The summed E-state index contributed by atoms with van der Waals surface area (Å²) in [5, 5.41) is 13.4. The van der Waals surface area contributed by atoms with Crippen LogP contribution in [0.1, 0.15) is 29.0 Å². The number of nitrogens with zero attached hydrogens (tertiary/aromatic N) is 1. The molecule has 2 aromatic carbocycles. The minimum Gasteiger partial charge on any atom is -0.480 e. The average Bonchev–Trinajstić information content (AvgIpc) is 2.69. The molecule has 0 aromatic heterocycles. The van der Waals surface area contributed by atoms with E-state index in [4.69, 9.17) is 17.3 Å². The van der Waals surface area contributed by atoms with Crippen LogP contribution in [0, 0.1) is 0 Å². The summed E-state index contributed by atoms with van der Waals surface area (Å²) in [6.07, 6.45) is 1.57. The van der Waals surface area contributed by atoms with Crippen LogP contribution in [-0.2, 0) is 14.4 Å². The molecule has 0 aliphatic heterocycles. The zero-order valence-electron chi connectivity index (χ0n) is 15.1. The van der Waals surface area contributed by atoms with Crippen LogP contribution in [0.5, 0.6) is 0 Å². The summed E-state index contributed by atoms with van der Waals surface area (Å²) in [5.74, 6) is 1.67.